The number of thiocarbonyl (C=S) groups is 1. The standard InChI is InChI=1S/C30H27N3O2S2/c1-21(34)23-16-18-24(19-17-23)31-30(36)32-25-10-9-15-28(20-25)37-22(2)29(35)33(26-11-5-3-6-12-26)27-13-7-4-8-14-27/h3-20,22H,1-2H3,(H2,31,32,36). The molecule has 0 heterocycles. The molecule has 0 saturated heterocycles. The molecule has 0 fully saturated rings. The highest BCUT2D eigenvalue weighted by Crippen LogP contribution is 2.32. The van der Waals surface area contributed by atoms with E-state index in [0.717, 1.165) is 27.6 Å². The van der Waals surface area contributed by atoms with Gasteiger partial charge in [-0.3, -0.25) is 14.5 Å². The van der Waals surface area contributed by atoms with Crippen molar-refractivity contribution in [2.45, 2.75) is 24.0 Å². The maximum atomic E-state index is 13.6. The number of ketones is 1. The van der Waals surface area contributed by atoms with Crippen LogP contribution in [0.5, 0.6) is 0 Å². The summed E-state index contributed by atoms with van der Waals surface area (Å²) in [6, 6.07) is 34.3. The van der Waals surface area contributed by atoms with E-state index in [1.807, 2.05) is 104 Å². The smallest absolute Gasteiger partial charge is 0.244 e. The third kappa shape index (κ3) is 7.06. The van der Waals surface area contributed by atoms with Crippen LogP contribution >= 0.6 is 24.0 Å². The van der Waals surface area contributed by atoms with E-state index in [2.05, 4.69) is 10.6 Å². The van der Waals surface area contributed by atoms with E-state index in [-0.39, 0.29) is 16.9 Å². The fraction of sp³-hybridized carbons (Fsp3) is 0.100. The number of hydrogen-bond acceptors (Lipinski definition) is 4. The number of carbonyl (C=O) groups is 2. The van der Waals surface area contributed by atoms with Crippen molar-refractivity contribution in [1.29, 1.82) is 0 Å². The number of hydrogen-bond donors (Lipinski definition) is 2. The lowest BCUT2D eigenvalue weighted by Gasteiger charge is -2.26. The van der Waals surface area contributed by atoms with Gasteiger partial charge in [-0.05, 0) is 92.8 Å². The second kappa shape index (κ2) is 12.3. The van der Waals surface area contributed by atoms with Crippen molar-refractivity contribution in [1.82, 2.24) is 0 Å². The molecule has 1 unspecified atom stereocenters. The maximum Gasteiger partial charge on any atom is 0.244 e. The summed E-state index contributed by atoms with van der Waals surface area (Å²) < 4.78 is 0. The minimum absolute atomic E-state index is 0.00745. The van der Waals surface area contributed by atoms with E-state index in [1.165, 1.54) is 18.7 Å². The molecule has 5 nitrogen and oxygen atoms in total. The number of rotatable bonds is 8. The van der Waals surface area contributed by atoms with E-state index in [9.17, 15) is 9.59 Å². The molecular formula is C30H27N3O2S2. The lowest BCUT2D eigenvalue weighted by atomic mass is 10.1. The minimum atomic E-state index is -0.333. The van der Waals surface area contributed by atoms with E-state index in [0.29, 0.717) is 10.7 Å². The Balaban J connectivity index is 1.43. The zero-order valence-corrected chi connectivity index (χ0v) is 22.2. The highest BCUT2D eigenvalue weighted by Gasteiger charge is 2.24. The van der Waals surface area contributed by atoms with Gasteiger partial charge < -0.3 is 10.6 Å². The first-order valence-electron chi connectivity index (χ1n) is 11.8. The summed E-state index contributed by atoms with van der Waals surface area (Å²) in [7, 11) is 0. The molecule has 0 bridgehead atoms. The predicted octanol–water partition coefficient (Wildman–Crippen LogP) is 7.54. The summed E-state index contributed by atoms with van der Waals surface area (Å²) in [5.74, 6) is 0.0110. The molecule has 0 radical (unpaired) electrons. The average Bonchev–Trinajstić information content (AvgIpc) is 2.90. The molecular weight excluding hydrogens is 498 g/mol. The molecule has 4 aromatic rings. The third-order valence-corrected chi connectivity index (χ3v) is 6.84. The molecule has 0 saturated carbocycles. The molecule has 0 aromatic heterocycles. The zero-order chi connectivity index (χ0) is 26.2. The van der Waals surface area contributed by atoms with Crippen LogP contribution in [-0.4, -0.2) is 22.1 Å². The molecule has 4 rings (SSSR count). The summed E-state index contributed by atoms with van der Waals surface area (Å²) in [5.41, 5.74) is 3.90. The molecule has 1 amide bonds. The van der Waals surface area contributed by atoms with Gasteiger partial charge in [-0.1, -0.05) is 42.5 Å². The Morgan fingerprint density at radius 1 is 0.757 bits per heavy atom. The van der Waals surface area contributed by atoms with Gasteiger partial charge in [0.1, 0.15) is 0 Å². The number of anilines is 4. The molecule has 0 aliphatic rings. The second-order valence-electron chi connectivity index (χ2n) is 8.35. The van der Waals surface area contributed by atoms with Crippen molar-refractivity contribution in [3.8, 4) is 0 Å². The zero-order valence-electron chi connectivity index (χ0n) is 20.5. The summed E-state index contributed by atoms with van der Waals surface area (Å²) >= 11 is 6.95. The largest absolute Gasteiger partial charge is 0.332 e. The lowest BCUT2D eigenvalue weighted by molar-refractivity contribution is -0.117. The number of amides is 1. The first-order chi connectivity index (χ1) is 17.9. The summed E-state index contributed by atoms with van der Waals surface area (Å²) in [6.45, 7) is 3.46. The van der Waals surface area contributed by atoms with Crippen LogP contribution in [0.4, 0.5) is 22.7 Å². The monoisotopic (exact) mass is 525 g/mol. The first-order valence-corrected chi connectivity index (χ1v) is 13.1. The fourth-order valence-electron chi connectivity index (χ4n) is 3.72. The van der Waals surface area contributed by atoms with Gasteiger partial charge in [0, 0.05) is 33.2 Å². The van der Waals surface area contributed by atoms with Gasteiger partial charge in [0.2, 0.25) is 5.91 Å². The van der Waals surface area contributed by atoms with Crippen molar-refractivity contribution < 1.29 is 9.59 Å². The van der Waals surface area contributed by atoms with Crippen LogP contribution in [0.2, 0.25) is 0 Å². The van der Waals surface area contributed by atoms with Crippen LogP contribution in [0, 0.1) is 0 Å². The quantitative estimate of drug-likeness (QED) is 0.141. The summed E-state index contributed by atoms with van der Waals surface area (Å²) in [4.78, 5) is 27.8. The van der Waals surface area contributed by atoms with Gasteiger partial charge in [-0.25, -0.2) is 0 Å². The van der Waals surface area contributed by atoms with Crippen molar-refractivity contribution in [3.05, 3.63) is 115 Å². The Morgan fingerprint density at radius 2 is 1.32 bits per heavy atom. The molecule has 37 heavy (non-hydrogen) atoms. The van der Waals surface area contributed by atoms with Crippen LogP contribution in [-0.2, 0) is 4.79 Å². The topological polar surface area (TPSA) is 61.4 Å². The van der Waals surface area contributed by atoms with Gasteiger partial charge >= 0.3 is 0 Å². The highest BCUT2D eigenvalue weighted by molar-refractivity contribution is 8.00. The number of carbonyl (C=O) groups excluding carboxylic acids is 2. The summed E-state index contributed by atoms with van der Waals surface area (Å²) in [5, 5.41) is 6.42. The van der Waals surface area contributed by atoms with E-state index in [4.69, 9.17) is 12.2 Å². The Morgan fingerprint density at radius 3 is 1.89 bits per heavy atom. The molecule has 2 N–H and O–H groups in total. The molecule has 0 aliphatic carbocycles. The summed E-state index contributed by atoms with van der Waals surface area (Å²) in [6.07, 6.45) is 0. The third-order valence-electron chi connectivity index (χ3n) is 5.55. The minimum Gasteiger partial charge on any atom is -0.332 e. The number of nitrogens with one attached hydrogen (secondary N) is 2. The van der Waals surface area contributed by atoms with Gasteiger partial charge in [-0.2, -0.15) is 0 Å². The normalized spacial score (nSPS) is 11.3. The second-order valence-corrected chi connectivity index (χ2v) is 10.2. The number of benzene rings is 4. The van der Waals surface area contributed by atoms with Crippen molar-refractivity contribution in [2.24, 2.45) is 0 Å². The number of Topliss-reactive ketones (excluding diaryl/α,β-unsaturated/α-hetero) is 1. The average molecular weight is 526 g/mol. The van der Waals surface area contributed by atoms with Gasteiger partial charge in [-0.15, -0.1) is 11.8 Å². The van der Waals surface area contributed by atoms with Crippen molar-refractivity contribution >= 4 is 63.5 Å². The van der Waals surface area contributed by atoms with Crippen LogP contribution in [0.1, 0.15) is 24.2 Å². The number of nitrogens with zero attached hydrogens (tertiary/aromatic N) is 1. The Bertz CT molecular complexity index is 1340. The Labute approximate surface area is 226 Å². The molecule has 0 spiro atoms. The van der Waals surface area contributed by atoms with E-state index in [1.54, 1.807) is 17.0 Å². The molecule has 4 aromatic carbocycles. The number of thioether (sulfide) groups is 1. The van der Waals surface area contributed by atoms with Gasteiger partial charge in [0.15, 0.2) is 10.9 Å². The van der Waals surface area contributed by atoms with Crippen LogP contribution < -0.4 is 15.5 Å². The SMILES string of the molecule is CC(=O)c1ccc(NC(=S)Nc2cccc(SC(C)C(=O)N(c3ccccc3)c3ccccc3)c2)cc1. The van der Waals surface area contributed by atoms with Gasteiger partial charge in [0.25, 0.3) is 0 Å². The molecule has 186 valence electrons. The number of para-hydroxylation sites is 2. The molecule has 7 heteroatoms. The molecule has 0 aliphatic heterocycles. The lowest BCUT2D eigenvalue weighted by Crippen LogP contribution is -2.32. The van der Waals surface area contributed by atoms with Crippen molar-refractivity contribution in [2.75, 3.05) is 15.5 Å². The van der Waals surface area contributed by atoms with E-state index >= 15 is 0 Å². The maximum absolute atomic E-state index is 13.6. The predicted molar refractivity (Wildman–Crippen MR) is 158 cm³/mol. The Hall–Kier alpha value is -3.94. The highest BCUT2D eigenvalue weighted by atomic mass is 32.2. The van der Waals surface area contributed by atoms with Crippen molar-refractivity contribution in [3.63, 3.8) is 0 Å². The fourth-order valence-corrected chi connectivity index (χ4v) is 4.93. The molecule has 1 atom stereocenters. The van der Waals surface area contributed by atoms with Gasteiger partial charge in [0.05, 0.1) is 5.25 Å². The first kappa shape index (κ1) is 26.1. The van der Waals surface area contributed by atoms with Crippen LogP contribution in [0.3, 0.4) is 0 Å². The van der Waals surface area contributed by atoms with Crippen LogP contribution in [0.15, 0.2) is 114 Å². The Kier molecular flexibility index (Phi) is 8.72. The van der Waals surface area contributed by atoms with E-state index < -0.39 is 0 Å². The van der Waals surface area contributed by atoms with Crippen LogP contribution in [0.25, 0.3) is 0 Å².